The first-order valence-electron chi connectivity index (χ1n) is 6.02. The number of rotatable bonds is 2. The Labute approximate surface area is 111 Å². The Hall–Kier alpha value is -2.56. The van der Waals surface area contributed by atoms with Gasteiger partial charge in [-0.2, -0.15) is 0 Å². The molecule has 0 spiro atoms. The SMILES string of the molecule is Cc1cc(-n2nc(-c3ccccn3)nc2C)ccn1. The third kappa shape index (κ3) is 2.22. The molecule has 0 aliphatic heterocycles. The monoisotopic (exact) mass is 251 g/mol. The summed E-state index contributed by atoms with van der Waals surface area (Å²) < 4.78 is 1.80. The zero-order chi connectivity index (χ0) is 13.2. The lowest BCUT2D eigenvalue weighted by Gasteiger charge is -2.02. The van der Waals surface area contributed by atoms with E-state index in [1.54, 1.807) is 17.1 Å². The van der Waals surface area contributed by atoms with Crippen LogP contribution in [0, 0.1) is 13.8 Å². The molecule has 3 aromatic rings. The van der Waals surface area contributed by atoms with Crippen molar-refractivity contribution in [3.05, 3.63) is 54.2 Å². The highest BCUT2D eigenvalue weighted by Crippen LogP contribution is 2.15. The third-order valence-corrected chi connectivity index (χ3v) is 2.79. The highest BCUT2D eigenvalue weighted by molar-refractivity contribution is 5.48. The number of hydrogen-bond acceptors (Lipinski definition) is 4. The Morgan fingerprint density at radius 3 is 2.63 bits per heavy atom. The number of nitrogens with zero attached hydrogens (tertiary/aromatic N) is 5. The highest BCUT2D eigenvalue weighted by Gasteiger charge is 2.10. The van der Waals surface area contributed by atoms with Crippen LogP contribution >= 0.6 is 0 Å². The summed E-state index contributed by atoms with van der Waals surface area (Å²) >= 11 is 0. The van der Waals surface area contributed by atoms with Crippen LogP contribution in [-0.4, -0.2) is 24.7 Å². The number of aryl methyl sites for hydroxylation is 2. The van der Waals surface area contributed by atoms with E-state index in [1.807, 2.05) is 44.2 Å². The summed E-state index contributed by atoms with van der Waals surface area (Å²) in [6.45, 7) is 3.88. The predicted octanol–water partition coefficient (Wildman–Crippen LogP) is 2.34. The van der Waals surface area contributed by atoms with Gasteiger partial charge in [0.15, 0.2) is 5.82 Å². The van der Waals surface area contributed by atoms with Crippen LogP contribution in [0.1, 0.15) is 11.5 Å². The maximum Gasteiger partial charge on any atom is 0.200 e. The van der Waals surface area contributed by atoms with Gasteiger partial charge in [0.2, 0.25) is 0 Å². The first-order chi connectivity index (χ1) is 9.24. The topological polar surface area (TPSA) is 56.5 Å². The number of hydrogen-bond donors (Lipinski definition) is 0. The Bertz CT molecular complexity index is 703. The lowest BCUT2D eigenvalue weighted by Crippen LogP contribution is -2.00. The lowest BCUT2D eigenvalue weighted by atomic mass is 10.3. The van der Waals surface area contributed by atoms with Crippen LogP contribution < -0.4 is 0 Å². The van der Waals surface area contributed by atoms with Gasteiger partial charge in [-0.1, -0.05) is 6.07 Å². The molecule has 0 atom stereocenters. The normalized spacial score (nSPS) is 10.6. The van der Waals surface area contributed by atoms with Crippen molar-refractivity contribution in [2.45, 2.75) is 13.8 Å². The first-order valence-corrected chi connectivity index (χ1v) is 6.02. The van der Waals surface area contributed by atoms with Crippen LogP contribution in [0.4, 0.5) is 0 Å². The quantitative estimate of drug-likeness (QED) is 0.701. The maximum atomic E-state index is 4.51. The second-order valence-corrected chi connectivity index (χ2v) is 4.26. The van der Waals surface area contributed by atoms with Crippen LogP contribution in [0.2, 0.25) is 0 Å². The van der Waals surface area contributed by atoms with Gasteiger partial charge in [-0.3, -0.25) is 9.97 Å². The Kier molecular flexibility index (Phi) is 2.79. The molecule has 94 valence electrons. The smallest absolute Gasteiger partial charge is 0.200 e. The van der Waals surface area contributed by atoms with Gasteiger partial charge in [-0.05, 0) is 38.1 Å². The third-order valence-electron chi connectivity index (χ3n) is 2.79. The summed E-state index contributed by atoms with van der Waals surface area (Å²) in [5, 5.41) is 4.51. The van der Waals surface area contributed by atoms with Crippen molar-refractivity contribution in [3.63, 3.8) is 0 Å². The molecule has 3 aromatic heterocycles. The van der Waals surface area contributed by atoms with Crippen LogP contribution in [0.25, 0.3) is 17.2 Å². The average molecular weight is 251 g/mol. The van der Waals surface area contributed by atoms with Crippen LogP contribution in [0.5, 0.6) is 0 Å². The van der Waals surface area contributed by atoms with Crippen molar-refractivity contribution in [2.75, 3.05) is 0 Å². The summed E-state index contributed by atoms with van der Waals surface area (Å²) in [6, 6.07) is 9.59. The second kappa shape index (κ2) is 4.61. The molecule has 0 N–H and O–H groups in total. The van der Waals surface area contributed by atoms with Crippen molar-refractivity contribution in [1.82, 2.24) is 24.7 Å². The van der Waals surface area contributed by atoms with E-state index in [0.29, 0.717) is 5.82 Å². The maximum absolute atomic E-state index is 4.51. The molecular formula is C14H13N5. The zero-order valence-electron chi connectivity index (χ0n) is 10.8. The fourth-order valence-corrected chi connectivity index (χ4v) is 1.90. The molecule has 0 fully saturated rings. The van der Waals surface area contributed by atoms with Gasteiger partial charge in [0.25, 0.3) is 0 Å². The molecule has 5 heteroatoms. The molecule has 0 amide bonds. The van der Waals surface area contributed by atoms with Crippen LogP contribution in [0.3, 0.4) is 0 Å². The predicted molar refractivity (Wildman–Crippen MR) is 71.9 cm³/mol. The Morgan fingerprint density at radius 1 is 1.00 bits per heavy atom. The minimum atomic E-state index is 0.632. The molecule has 0 aliphatic carbocycles. The molecule has 0 bridgehead atoms. The van der Waals surface area contributed by atoms with Crippen molar-refractivity contribution in [1.29, 1.82) is 0 Å². The van der Waals surface area contributed by atoms with Gasteiger partial charge in [0, 0.05) is 18.1 Å². The lowest BCUT2D eigenvalue weighted by molar-refractivity contribution is 0.837. The minimum Gasteiger partial charge on any atom is -0.261 e. The van der Waals surface area contributed by atoms with E-state index < -0.39 is 0 Å². The van der Waals surface area contributed by atoms with E-state index in [2.05, 4.69) is 20.1 Å². The summed E-state index contributed by atoms with van der Waals surface area (Å²) in [5.74, 6) is 1.46. The fourth-order valence-electron chi connectivity index (χ4n) is 1.90. The van der Waals surface area contributed by atoms with Crippen molar-refractivity contribution in [2.24, 2.45) is 0 Å². The summed E-state index contributed by atoms with van der Waals surface area (Å²) in [7, 11) is 0. The molecule has 0 saturated carbocycles. The number of aromatic nitrogens is 5. The highest BCUT2D eigenvalue weighted by atomic mass is 15.4. The van der Waals surface area contributed by atoms with E-state index in [-0.39, 0.29) is 0 Å². The largest absolute Gasteiger partial charge is 0.261 e. The summed E-state index contributed by atoms with van der Waals surface area (Å²) in [4.78, 5) is 12.9. The van der Waals surface area contributed by atoms with E-state index in [4.69, 9.17) is 0 Å². The molecule has 5 nitrogen and oxygen atoms in total. The zero-order valence-corrected chi connectivity index (χ0v) is 10.8. The standard InChI is InChI=1S/C14H13N5/c1-10-9-12(6-8-15-10)19-11(2)17-14(18-19)13-5-3-4-7-16-13/h3-9H,1-2H3. The molecule has 3 heterocycles. The fraction of sp³-hybridized carbons (Fsp3) is 0.143. The van der Waals surface area contributed by atoms with Gasteiger partial charge in [-0.25, -0.2) is 9.67 Å². The van der Waals surface area contributed by atoms with Crippen molar-refractivity contribution < 1.29 is 0 Å². The molecule has 0 aromatic carbocycles. The molecule has 0 saturated heterocycles. The molecule has 0 radical (unpaired) electrons. The van der Waals surface area contributed by atoms with Gasteiger partial charge in [0.05, 0.1) is 5.69 Å². The number of pyridine rings is 2. The minimum absolute atomic E-state index is 0.632. The average Bonchev–Trinajstić information content (AvgIpc) is 2.82. The first kappa shape index (κ1) is 11.5. The van der Waals surface area contributed by atoms with E-state index in [9.17, 15) is 0 Å². The van der Waals surface area contributed by atoms with Gasteiger partial charge >= 0.3 is 0 Å². The molecule has 3 rings (SSSR count). The molecule has 0 aliphatic rings. The summed E-state index contributed by atoms with van der Waals surface area (Å²) in [6.07, 6.45) is 3.51. The van der Waals surface area contributed by atoms with Crippen molar-refractivity contribution in [3.8, 4) is 17.2 Å². The molecule has 0 unspecified atom stereocenters. The second-order valence-electron chi connectivity index (χ2n) is 4.26. The van der Waals surface area contributed by atoms with Crippen LogP contribution in [0.15, 0.2) is 42.7 Å². The summed E-state index contributed by atoms with van der Waals surface area (Å²) in [5.41, 5.74) is 2.68. The molecule has 19 heavy (non-hydrogen) atoms. The van der Waals surface area contributed by atoms with Crippen molar-refractivity contribution >= 4 is 0 Å². The van der Waals surface area contributed by atoms with Gasteiger partial charge in [-0.15, -0.1) is 5.10 Å². The van der Waals surface area contributed by atoms with Gasteiger partial charge in [0.1, 0.15) is 11.5 Å². The van der Waals surface area contributed by atoms with Crippen LogP contribution in [-0.2, 0) is 0 Å². The van der Waals surface area contributed by atoms with E-state index >= 15 is 0 Å². The Morgan fingerprint density at radius 2 is 1.89 bits per heavy atom. The Balaban J connectivity index is 2.08. The molecular weight excluding hydrogens is 238 g/mol. The van der Waals surface area contributed by atoms with Gasteiger partial charge < -0.3 is 0 Å². The van der Waals surface area contributed by atoms with E-state index in [1.165, 1.54) is 0 Å². The van der Waals surface area contributed by atoms with E-state index in [0.717, 1.165) is 22.9 Å².